The van der Waals surface area contributed by atoms with Gasteiger partial charge in [-0.3, -0.25) is 10.3 Å². The summed E-state index contributed by atoms with van der Waals surface area (Å²) in [5.41, 5.74) is 5.17. The summed E-state index contributed by atoms with van der Waals surface area (Å²) in [7, 11) is 0. The van der Waals surface area contributed by atoms with Crippen molar-refractivity contribution in [1.82, 2.24) is 40.4 Å². The molecule has 6 fully saturated rings. The monoisotopic (exact) mass is 718 g/mol. The molecule has 6 aliphatic rings. The van der Waals surface area contributed by atoms with Crippen LogP contribution in [0.2, 0.25) is 0 Å². The van der Waals surface area contributed by atoms with Gasteiger partial charge in [0.2, 0.25) is 0 Å². The number of amides is 6. The molecule has 0 aromatic rings. The molecule has 288 valence electrons. The molecular formula is C35H62N10O6. The first kappa shape index (κ1) is 38.5. The maximum atomic E-state index is 13.0. The molecular weight excluding hydrogens is 656 g/mol. The predicted molar refractivity (Wildman–Crippen MR) is 193 cm³/mol. The molecule has 16 heteroatoms. The first-order valence-corrected chi connectivity index (χ1v) is 19.4. The Morgan fingerprint density at radius 3 is 1.65 bits per heavy atom. The second-order valence-corrected chi connectivity index (χ2v) is 15.4. The molecule has 2 saturated carbocycles. The highest BCUT2D eigenvalue weighted by Crippen LogP contribution is 2.52. The van der Waals surface area contributed by atoms with Gasteiger partial charge in [-0.1, -0.05) is 12.8 Å². The number of nitrogens with one attached hydrogen (secondary N) is 4. The van der Waals surface area contributed by atoms with Crippen molar-refractivity contribution in [2.24, 2.45) is 29.4 Å². The summed E-state index contributed by atoms with van der Waals surface area (Å²) in [6, 6.07) is -0.113. The lowest BCUT2D eigenvalue weighted by molar-refractivity contribution is -0.0942. The number of carbonyl (C=O) groups excluding carboxylic acids is 2. The van der Waals surface area contributed by atoms with E-state index in [9.17, 15) is 24.3 Å². The van der Waals surface area contributed by atoms with Crippen molar-refractivity contribution in [3.05, 3.63) is 0 Å². The molecule has 16 nitrogen and oxygen atoms in total. The van der Waals surface area contributed by atoms with Crippen molar-refractivity contribution in [2.75, 3.05) is 85.1 Å². The zero-order valence-corrected chi connectivity index (χ0v) is 30.3. The third kappa shape index (κ3) is 9.80. The minimum absolute atomic E-state index is 0.0470. The number of nitrogens with two attached hydrogens (primary N) is 1. The molecule has 0 unspecified atom stereocenters. The SMILES string of the molecule is N=C(N)N1CCC(CCNC(=O)N2CCN(C(=O)O)C3(C2)C2CCCC3CCC2)CC1.O=C(O)N1CCN(C(=O)NCCC2CCNCC2)CC1. The maximum Gasteiger partial charge on any atom is 0.407 e. The van der Waals surface area contributed by atoms with Crippen LogP contribution in [0.4, 0.5) is 19.2 Å². The standard InChI is InChI=1S/C22H38N6O3.C13H24N4O3/c23-19(24)26-11-8-16(9-12-26)7-10-25-20(29)27-13-14-28(21(30)31)22(15-27)17-3-1-4-18(22)6-2-5-17;18-12(15-6-3-11-1-4-14-5-2-11)16-7-9-17(10-8-16)13(19)20/h16-18H,1-15H2,(H3,23,24)(H,25,29)(H,30,31);11,14H,1-10H2,(H,15,18)(H,19,20). The third-order valence-corrected chi connectivity index (χ3v) is 12.6. The van der Waals surface area contributed by atoms with Gasteiger partial charge in [-0.2, -0.15) is 0 Å². The highest BCUT2D eigenvalue weighted by molar-refractivity contribution is 5.76. The number of piperidine rings is 2. The summed E-state index contributed by atoms with van der Waals surface area (Å²) in [5, 5.41) is 35.7. The van der Waals surface area contributed by atoms with Gasteiger partial charge in [-0.15, -0.1) is 0 Å². The van der Waals surface area contributed by atoms with Crippen LogP contribution in [-0.2, 0) is 0 Å². The molecule has 6 amide bonds. The second-order valence-electron chi connectivity index (χ2n) is 15.4. The quantitative estimate of drug-likeness (QED) is 0.159. The second kappa shape index (κ2) is 18.2. The van der Waals surface area contributed by atoms with Gasteiger partial charge in [0.1, 0.15) is 0 Å². The molecule has 4 aliphatic heterocycles. The highest BCUT2D eigenvalue weighted by atomic mass is 16.4. The fraction of sp³-hybridized carbons (Fsp3) is 0.857. The van der Waals surface area contributed by atoms with E-state index in [0.29, 0.717) is 82.6 Å². The predicted octanol–water partition coefficient (Wildman–Crippen LogP) is 2.71. The maximum absolute atomic E-state index is 13.0. The Morgan fingerprint density at radius 1 is 0.647 bits per heavy atom. The summed E-state index contributed by atoms with van der Waals surface area (Å²) < 4.78 is 0. The molecule has 51 heavy (non-hydrogen) atoms. The summed E-state index contributed by atoms with van der Waals surface area (Å²) in [6.45, 7) is 8.32. The van der Waals surface area contributed by atoms with E-state index in [1.54, 1.807) is 9.80 Å². The Morgan fingerprint density at radius 2 is 1.14 bits per heavy atom. The lowest BCUT2D eigenvalue weighted by atomic mass is 9.58. The van der Waals surface area contributed by atoms with Crippen LogP contribution < -0.4 is 21.7 Å². The summed E-state index contributed by atoms with van der Waals surface area (Å²) in [6.07, 6.45) is 11.3. The normalized spacial score (nSPS) is 27.3. The van der Waals surface area contributed by atoms with Gasteiger partial charge < -0.3 is 51.5 Å². The smallest absolute Gasteiger partial charge is 0.407 e. The van der Waals surface area contributed by atoms with E-state index in [2.05, 4.69) is 16.0 Å². The van der Waals surface area contributed by atoms with Crippen LogP contribution in [0.15, 0.2) is 0 Å². The number of guanidine groups is 1. The van der Waals surface area contributed by atoms with Gasteiger partial charge in [0.15, 0.2) is 5.96 Å². The van der Waals surface area contributed by atoms with Crippen LogP contribution in [-0.4, -0.2) is 156 Å². The summed E-state index contributed by atoms with van der Waals surface area (Å²) in [5.74, 6) is 2.15. The first-order valence-electron chi connectivity index (χ1n) is 19.4. The van der Waals surface area contributed by atoms with Crippen LogP contribution in [0.1, 0.15) is 77.0 Å². The largest absolute Gasteiger partial charge is 0.465 e. The van der Waals surface area contributed by atoms with Gasteiger partial charge in [0, 0.05) is 72.0 Å². The van der Waals surface area contributed by atoms with E-state index in [-0.39, 0.29) is 18.0 Å². The van der Waals surface area contributed by atoms with E-state index in [4.69, 9.17) is 16.2 Å². The minimum Gasteiger partial charge on any atom is -0.465 e. The molecule has 0 atom stereocenters. The summed E-state index contributed by atoms with van der Waals surface area (Å²) >= 11 is 0. The molecule has 2 bridgehead atoms. The van der Waals surface area contributed by atoms with E-state index < -0.39 is 17.7 Å². The molecule has 1 spiro atoms. The molecule has 6 rings (SSSR count). The van der Waals surface area contributed by atoms with Crippen molar-refractivity contribution >= 4 is 30.2 Å². The topological polar surface area (TPSA) is 211 Å². The number of nitrogens with zero attached hydrogens (tertiary/aromatic N) is 5. The molecule has 8 N–H and O–H groups in total. The zero-order chi connectivity index (χ0) is 36.4. The Hall–Kier alpha value is -3.69. The zero-order valence-electron chi connectivity index (χ0n) is 30.3. The number of likely N-dealkylation sites (tertiary alicyclic amines) is 1. The van der Waals surface area contributed by atoms with E-state index in [0.717, 1.165) is 77.5 Å². The van der Waals surface area contributed by atoms with Gasteiger partial charge in [0.05, 0.1) is 5.54 Å². The van der Waals surface area contributed by atoms with E-state index in [1.807, 2.05) is 9.80 Å². The molecule has 0 aromatic heterocycles. The van der Waals surface area contributed by atoms with Crippen LogP contribution >= 0.6 is 0 Å². The number of hydrogen-bond acceptors (Lipinski definition) is 6. The average molecular weight is 719 g/mol. The number of hydrogen-bond donors (Lipinski definition) is 7. The lowest BCUT2D eigenvalue weighted by Crippen LogP contribution is -2.73. The molecule has 2 aliphatic carbocycles. The Balaban J connectivity index is 0.000000218. The van der Waals surface area contributed by atoms with E-state index in [1.165, 1.54) is 30.6 Å². The van der Waals surface area contributed by atoms with E-state index >= 15 is 0 Å². The van der Waals surface area contributed by atoms with Gasteiger partial charge >= 0.3 is 24.2 Å². The Labute approximate surface area is 302 Å². The fourth-order valence-corrected chi connectivity index (χ4v) is 9.61. The molecule has 4 heterocycles. The molecule has 0 radical (unpaired) electrons. The molecule has 0 aromatic carbocycles. The number of piperazine rings is 2. The van der Waals surface area contributed by atoms with Crippen molar-refractivity contribution in [2.45, 2.75) is 82.6 Å². The van der Waals surface area contributed by atoms with Crippen molar-refractivity contribution < 1.29 is 29.4 Å². The van der Waals surface area contributed by atoms with Crippen LogP contribution in [0.5, 0.6) is 0 Å². The van der Waals surface area contributed by atoms with Crippen molar-refractivity contribution in [3.63, 3.8) is 0 Å². The van der Waals surface area contributed by atoms with Crippen LogP contribution in [0.3, 0.4) is 0 Å². The number of carbonyl (C=O) groups is 4. The third-order valence-electron chi connectivity index (χ3n) is 12.6. The first-order chi connectivity index (χ1) is 24.6. The van der Waals surface area contributed by atoms with Gasteiger partial charge in [-0.05, 0) is 101 Å². The Bertz CT molecular complexity index is 1180. The molecule has 4 saturated heterocycles. The van der Waals surface area contributed by atoms with Crippen LogP contribution in [0, 0.1) is 29.1 Å². The summed E-state index contributed by atoms with van der Waals surface area (Å²) in [4.78, 5) is 56.4. The van der Waals surface area contributed by atoms with Crippen molar-refractivity contribution in [3.8, 4) is 0 Å². The average Bonchev–Trinajstić information content (AvgIpc) is 3.12. The van der Waals surface area contributed by atoms with Crippen molar-refractivity contribution in [1.29, 1.82) is 5.41 Å². The number of urea groups is 2. The Kier molecular flexibility index (Phi) is 13.7. The van der Waals surface area contributed by atoms with Crippen LogP contribution in [0.25, 0.3) is 0 Å². The lowest BCUT2D eigenvalue weighted by Gasteiger charge is -2.61. The number of rotatable bonds is 6. The minimum atomic E-state index is -0.907. The van der Waals surface area contributed by atoms with Gasteiger partial charge in [-0.25, -0.2) is 19.2 Å². The number of carboxylic acid groups (broad SMARTS) is 2. The highest BCUT2D eigenvalue weighted by Gasteiger charge is 2.57. The fourth-order valence-electron chi connectivity index (χ4n) is 9.61. The van der Waals surface area contributed by atoms with Gasteiger partial charge in [0.25, 0.3) is 0 Å².